The minimum atomic E-state index is -0.203. The minimum absolute atomic E-state index is 0.0252. The van der Waals surface area contributed by atoms with E-state index < -0.39 is 0 Å². The van der Waals surface area contributed by atoms with Gasteiger partial charge in [-0.15, -0.1) is 0 Å². The number of rotatable bonds is 6. The van der Waals surface area contributed by atoms with Crippen LogP contribution in [0.15, 0.2) is 42.5 Å². The van der Waals surface area contributed by atoms with E-state index in [9.17, 15) is 4.79 Å². The molecular formula is C18H22N2O2. The Morgan fingerprint density at radius 3 is 2.64 bits per heavy atom. The molecule has 0 unspecified atom stereocenters. The molecule has 0 aliphatic heterocycles. The van der Waals surface area contributed by atoms with Crippen molar-refractivity contribution in [3.05, 3.63) is 53.6 Å². The second-order valence-electron chi connectivity index (χ2n) is 5.10. The van der Waals surface area contributed by atoms with Crippen molar-refractivity contribution in [1.82, 2.24) is 0 Å². The van der Waals surface area contributed by atoms with Crippen molar-refractivity contribution in [3.63, 3.8) is 0 Å². The predicted octanol–water partition coefficient (Wildman–Crippen LogP) is 3.41. The molecule has 0 atom stereocenters. The van der Waals surface area contributed by atoms with Crippen molar-refractivity contribution in [1.29, 1.82) is 0 Å². The van der Waals surface area contributed by atoms with Gasteiger partial charge < -0.3 is 15.8 Å². The Balaban J connectivity index is 1.91. The maximum Gasteiger partial charge on any atom is 0.262 e. The summed E-state index contributed by atoms with van der Waals surface area (Å²) in [6, 6.07) is 13.3. The number of nitrogen functional groups attached to an aromatic ring is 1. The number of ether oxygens (including phenoxy) is 1. The molecule has 0 saturated heterocycles. The summed E-state index contributed by atoms with van der Waals surface area (Å²) >= 11 is 0. The van der Waals surface area contributed by atoms with E-state index >= 15 is 0 Å². The number of hydrogen-bond donors (Lipinski definition) is 2. The molecule has 0 radical (unpaired) electrons. The first-order valence-corrected chi connectivity index (χ1v) is 7.52. The summed E-state index contributed by atoms with van der Waals surface area (Å²) in [6.07, 6.45) is 1.81. The standard InChI is InChI=1S/C18H22N2O2/c1-3-13-6-5-7-16(10-13)22-12-18(21)20-15-9-8-14(4-2)17(19)11-15/h5-11H,3-4,12,19H2,1-2H3,(H,20,21). The van der Waals surface area contributed by atoms with E-state index in [4.69, 9.17) is 10.5 Å². The number of nitrogens with two attached hydrogens (primary N) is 1. The van der Waals surface area contributed by atoms with Crippen LogP contribution in [0, 0.1) is 0 Å². The SMILES string of the molecule is CCc1cccc(OCC(=O)Nc2ccc(CC)c(N)c2)c1. The van der Waals surface area contributed by atoms with Crippen LogP contribution in [0.3, 0.4) is 0 Å². The Bertz CT molecular complexity index is 653. The molecule has 0 fully saturated rings. The van der Waals surface area contributed by atoms with Gasteiger partial charge in [0.25, 0.3) is 5.91 Å². The smallest absolute Gasteiger partial charge is 0.262 e. The molecule has 0 heterocycles. The van der Waals surface area contributed by atoms with E-state index in [2.05, 4.69) is 12.2 Å². The van der Waals surface area contributed by atoms with Gasteiger partial charge in [0, 0.05) is 11.4 Å². The Labute approximate surface area is 131 Å². The van der Waals surface area contributed by atoms with Crippen molar-refractivity contribution in [2.24, 2.45) is 0 Å². The van der Waals surface area contributed by atoms with Gasteiger partial charge in [-0.25, -0.2) is 0 Å². The van der Waals surface area contributed by atoms with Crippen molar-refractivity contribution in [2.45, 2.75) is 26.7 Å². The summed E-state index contributed by atoms with van der Waals surface area (Å²) in [4.78, 5) is 11.9. The van der Waals surface area contributed by atoms with Crippen LogP contribution in [0.25, 0.3) is 0 Å². The quantitative estimate of drug-likeness (QED) is 0.803. The Morgan fingerprint density at radius 1 is 1.14 bits per heavy atom. The van der Waals surface area contributed by atoms with Crippen LogP contribution in [0.4, 0.5) is 11.4 Å². The topological polar surface area (TPSA) is 64.3 Å². The lowest BCUT2D eigenvalue weighted by Gasteiger charge is -2.10. The van der Waals surface area contributed by atoms with Crippen LogP contribution < -0.4 is 15.8 Å². The van der Waals surface area contributed by atoms with Crippen molar-refractivity contribution < 1.29 is 9.53 Å². The van der Waals surface area contributed by atoms with Gasteiger partial charge in [0.05, 0.1) is 0 Å². The maximum absolute atomic E-state index is 11.9. The average molecular weight is 298 g/mol. The molecule has 0 saturated carbocycles. The van der Waals surface area contributed by atoms with E-state index in [0.29, 0.717) is 17.1 Å². The molecule has 22 heavy (non-hydrogen) atoms. The number of anilines is 2. The second-order valence-corrected chi connectivity index (χ2v) is 5.10. The van der Waals surface area contributed by atoms with Crippen LogP contribution in [-0.4, -0.2) is 12.5 Å². The molecule has 0 aliphatic carbocycles. The van der Waals surface area contributed by atoms with E-state index in [-0.39, 0.29) is 12.5 Å². The molecule has 2 aromatic carbocycles. The van der Waals surface area contributed by atoms with Gasteiger partial charge in [-0.05, 0) is 48.2 Å². The van der Waals surface area contributed by atoms with Gasteiger partial charge in [-0.2, -0.15) is 0 Å². The van der Waals surface area contributed by atoms with Crippen LogP contribution in [0.5, 0.6) is 5.75 Å². The zero-order valence-electron chi connectivity index (χ0n) is 13.1. The summed E-state index contributed by atoms with van der Waals surface area (Å²) < 4.78 is 5.51. The zero-order chi connectivity index (χ0) is 15.9. The molecular weight excluding hydrogens is 276 g/mol. The number of nitrogens with one attached hydrogen (secondary N) is 1. The number of amides is 1. The lowest BCUT2D eigenvalue weighted by Crippen LogP contribution is -2.20. The Hall–Kier alpha value is -2.49. The lowest BCUT2D eigenvalue weighted by atomic mass is 10.1. The minimum Gasteiger partial charge on any atom is -0.484 e. The first-order chi connectivity index (χ1) is 10.6. The highest BCUT2D eigenvalue weighted by Gasteiger charge is 2.06. The number of benzene rings is 2. The van der Waals surface area contributed by atoms with Crippen LogP contribution in [0.2, 0.25) is 0 Å². The summed E-state index contributed by atoms with van der Waals surface area (Å²) in [5.41, 5.74) is 9.56. The average Bonchev–Trinajstić information content (AvgIpc) is 2.53. The van der Waals surface area contributed by atoms with Gasteiger partial charge in [0.2, 0.25) is 0 Å². The largest absolute Gasteiger partial charge is 0.484 e. The Kier molecular flexibility index (Phi) is 5.42. The molecule has 0 spiro atoms. The van der Waals surface area contributed by atoms with E-state index in [1.165, 1.54) is 5.56 Å². The first kappa shape index (κ1) is 15.9. The fraction of sp³-hybridized carbons (Fsp3) is 0.278. The Morgan fingerprint density at radius 2 is 1.95 bits per heavy atom. The molecule has 1 amide bonds. The van der Waals surface area contributed by atoms with Crippen molar-refractivity contribution >= 4 is 17.3 Å². The van der Waals surface area contributed by atoms with Crippen LogP contribution in [-0.2, 0) is 17.6 Å². The third-order valence-corrected chi connectivity index (χ3v) is 3.49. The van der Waals surface area contributed by atoms with Gasteiger partial charge >= 0.3 is 0 Å². The molecule has 4 heteroatoms. The molecule has 4 nitrogen and oxygen atoms in total. The number of aryl methyl sites for hydroxylation is 2. The maximum atomic E-state index is 11.9. The fourth-order valence-electron chi connectivity index (χ4n) is 2.20. The van der Waals surface area contributed by atoms with Crippen LogP contribution >= 0.6 is 0 Å². The zero-order valence-corrected chi connectivity index (χ0v) is 13.1. The first-order valence-electron chi connectivity index (χ1n) is 7.52. The highest BCUT2D eigenvalue weighted by atomic mass is 16.5. The molecule has 2 aromatic rings. The highest BCUT2D eigenvalue weighted by Crippen LogP contribution is 2.18. The normalized spacial score (nSPS) is 10.3. The summed E-state index contributed by atoms with van der Waals surface area (Å²) in [5, 5.41) is 2.79. The number of carbonyl (C=O) groups excluding carboxylic acids is 1. The van der Waals surface area contributed by atoms with E-state index in [1.807, 2.05) is 43.3 Å². The van der Waals surface area contributed by atoms with E-state index in [0.717, 1.165) is 18.4 Å². The highest BCUT2D eigenvalue weighted by molar-refractivity contribution is 5.92. The van der Waals surface area contributed by atoms with Gasteiger partial charge in [0.1, 0.15) is 5.75 Å². The summed E-state index contributed by atoms with van der Waals surface area (Å²) in [7, 11) is 0. The van der Waals surface area contributed by atoms with E-state index in [1.54, 1.807) is 6.07 Å². The fourth-order valence-corrected chi connectivity index (χ4v) is 2.20. The van der Waals surface area contributed by atoms with Gasteiger partial charge in [-0.3, -0.25) is 4.79 Å². The second kappa shape index (κ2) is 7.50. The van der Waals surface area contributed by atoms with Crippen molar-refractivity contribution in [2.75, 3.05) is 17.7 Å². The third-order valence-electron chi connectivity index (χ3n) is 3.49. The van der Waals surface area contributed by atoms with Crippen LogP contribution in [0.1, 0.15) is 25.0 Å². The van der Waals surface area contributed by atoms with Gasteiger partial charge in [0.15, 0.2) is 6.61 Å². The number of carbonyl (C=O) groups is 1. The molecule has 0 aliphatic rings. The summed E-state index contributed by atoms with van der Waals surface area (Å²) in [6.45, 7) is 4.10. The van der Waals surface area contributed by atoms with Crippen molar-refractivity contribution in [3.8, 4) is 5.75 Å². The lowest BCUT2D eigenvalue weighted by molar-refractivity contribution is -0.118. The molecule has 0 bridgehead atoms. The monoisotopic (exact) mass is 298 g/mol. The number of hydrogen-bond acceptors (Lipinski definition) is 3. The molecule has 3 N–H and O–H groups in total. The molecule has 0 aromatic heterocycles. The summed E-state index contributed by atoms with van der Waals surface area (Å²) in [5.74, 6) is 0.501. The molecule has 116 valence electrons. The third kappa shape index (κ3) is 4.25. The van der Waals surface area contributed by atoms with Gasteiger partial charge in [-0.1, -0.05) is 32.0 Å². The predicted molar refractivity (Wildman–Crippen MR) is 90.2 cm³/mol. The molecule has 2 rings (SSSR count).